The van der Waals surface area contributed by atoms with E-state index in [1.165, 1.54) is 18.4 Å². The summed E-state index contributed by atoms with van der Waals surface area (Å²) in [7, 11) is 0. The summed E-state index contributed by atoms with van der Waals surface area (Å²) in [5.41, 5.74) is 2.52. The van der Waals surface area contributed by atoms with Crippen molar-refractivity contribution in [3.8, 4) is 11.4 Å². The summed E-state index contributed by atoms with van der Waals surface area (Å²) in [4.78, 5) is 8.48. The molecule has 1 aromatic heterocycles. The van der Waals surface area contributed by atoms with E-state index in [9.17, 15) is 0 Å². The molecule has 0 N–H and O–H groups in total. The lowest BCUT2D eigenvalue weighted by molar-refractivity contribution is 0.540. The van der Waals surface area contributed by atoms with Crippen molar-refractivity contribution in [1.29, 1.82) is 0 Å². The van der Waals surface area contributed by atoms with E-state index in [1.807, 2.05) is 6.07 Å². The maximum atomic E-state index is 4.24. The molecular weight excluding hydrogens is 196 g/mol. The largest absolute Gasteiger partial charge is 0.237 e. The summed E-state index contributed by atoms with van der Waals surface area (Å²) in [6, 6.07) is 10.5. The number of hydrogen-bond acceptors (Lipinski definition) is 2. The number of benzene rings is 1. The van der Waals surface area contributed by atoms with Crippen LogP contribution in [0.1, 0.15) is 24.3 Å². The minimum Gasteiger partial charge on any atom is -0.237 e. The standard InChI is InChI=1S/C14H13N2/c1-3-11(4-1)12-5-7-13(8-6-12)14-15-9-2-10-16-14/h1-2,5-11H,3-4H2. The van der Waals surface area contributed by atoms with Crippen LogP contribution < -0.4 is 0 Å². The van der Waals surface area contributed by atoms with E-state index in [0.717, 1.165) is 17.3 Å². The SMILES string of the molecule is [CH]1CC(c2ccc(-c3ncccn3)cc2)C1. The van der Waals surface area contributed by atoms with Gasteiger partial charge >= 0.3 is 0 Å². The normalized spacial score (nSPS) is 15.8. The second kappa shape index (κ2) is 4.05. The average molecular weight is 209 g/mol. The van der Waals surface area contributed by atoms with Crippen molar-refractivity contribution >= 4 is 0 Å². The first-order chi connectivity index (χ1) is 7.93. The molecule has 0 saturated heterocycles. The van der Waals surface area contributed by atoms with Crippen LogP contribution in [0.3, 0.4) is 0 Å². The van der Waals surface area contributed by atoms with Crippen molar-refractivity contribution in [1.82, 2.24) is 9.97 Å². The molecule has 0 spiro atoms. The van der Waals surface area contributed by atoms with Crippen LogP contribution in [0.2, 0.25) is 0 Å². The molecule has 16 heavy (non-hydrogen) atoms. The fraction of sp³-hybridized carbons (Fsp3) is 0.214. The van der Waals surface area contributed by atoms with Crippen LogP contribution in [0.4, 0.5) is 0 Å². The van der Waals surface area contributed by atoms with Gasteiger partial charge in [0.25, 0.3) is 0 Å². The Bertz CT molecular complexity index is 458. The van der Waals surface area contributed by atoms with Crippen LogP contribution in [-0.2, 0) is 0 Å². The van der Waals surface area contributed by atoms with Gasteiger partial charge in [-0.25, -0.2) is 9.97 Å². The molecule has 1 heterocycles. The third-order valence-corrected chi connectivity index (χ3v) is 3.11. The van der Waals surface area contributed by atoms with E-state index in [2.05, 4.69) is 40.7 Å². The van der Waals surface area contributed by atoms with Gasteiger partial charge in [0.05, 0.1) is 0 Å². The molecule has 1 aliphatic carbocycles. The lowest BCUT2D eigenvalue weighted by Crippen LogP contribution is -2.09. The first-order valence-corrected chi connectivity index (χ1v) is 5.62. The molecular formula is C14H13N2. The van der Waals surface area contributed by atoms with Gasteiger partial charge < -0.3 is 0 Å². The third kappa shape index (κ3) is 1.71. The molecule has 1 radical (unpaired) electrons. The highest BCUT2D eigenvalue weighted by molar-refractivity contribution is 5.55. The van der Waals surface area contributed by atoms with Gasteiger partial charge in [-0.05, 0) is 36.8 Å². The predicted molar refractivity (Wildman–Crippen MR) is 63.7 cm³/mol. The third-order valence-electron chi connectivity index (χ3n) is 3.11. The van der Waals surface area contributed by atoms with E-state index in [1.54, 1.807) is 12.4 Å². The molecule has 1 aromatic carbocycles. The van der Waals surface area contributed by atoms with Crippen molar-refractivity contribution in [3.05, 3.63) is 54.7 Å². The van der Waals surface area contributed by atoms with E-state index in [-0.39, 0.29) is 0 Å². The lowest BCUT2D eigenvalue weighted by Gasteiger charge is -2.25. The average Bonchev–Trinajstić information content (AvgIpc) is 2.29. The Morgan fingerprint density at radius 1 is 0.938 bits per heavy atom. The van der Waals surface area contributed by atoms with Gasteiger partial charge in [-0.15, -0.1) is 0 Å². The molecule has 3 rings (SSSR count). The monoisotopic (exact) mass is 209 g/mol. The van der Waals surface area contributed by atoms with Crippen LogP contribution in [-0.4, -0.2) is 9.97 Å². The number of rotatable bonds is 2. The van der Waals surface area contributed by atoms with Gasteiger partial charge in [-0.2, -0.15) is 0 Å². The van der Waals surface area contributed by atoms with Crippen LogP contribution in [0.25, 0.3) is 11.4 Å². The lowest BCUT2D eigenvalue weighted by atomic mass is 9.80. The molecule has 0 aliphatic heterocycles. The highest BCUT2D eigenvalue weighted by atomic mass is 14.8. The number of hydrogen-bond donors (Lipinski definition) is 0. The molecule has 2 nitrogen and oxygen atoms in total. The summed E-state index contributed by atoms with van der Waals surface area (Å²) >= 11 is 0. The number of aromatic nitrogens is 2. The summed E-state index contributed by atoms with van der Waals surface area (Å²) in [6.45, 7) is 0. The second-order valence-electron chi connectivity index (χ2n) is 4.15. The topological polar surface area (TPSA) is 25.8 Å². The van der Waals surface area contributed by atoms with E-state index < -0.39 is 0 Å². The maximum absolute atomic E-state index is 4.24. The van der Waals surface area contributed by atoms with Crippen LogP contribution in [0, 0.1) is 6.42 Å². The predicted octanol–water partition coefficient (Wildman–Crippen LogP) is 3.23. The zero-order valence-corrected chi connectivity index (χ0v) is 9.00. The van der Waals surface area contributed by atoms with E-state index in [0.29, 0.717) is 0 Å². The first kappa shape index (κ1) is 9.52. The molecule has 1 aliphatic rings. The molecule has 0 atom stereocenters. The molecule has 2 heteroatoms. The summed E-state index contributed by atoms with van der Waals surface area (Å²) < 4.78 is 0. The highest BCUT2D eigenvalue weighted by Gasteiger charge is 2.19. The zero-order chi connectivity index (χ0) is 10.8. The molecule has 79 valence electrons. The Labute approximate surface area is 95.4 Å². The Morgan fingerprint density at radius 2 is 1.62 bits per heavy atom. The maximum Gasteiger partial charge on any atom is 0.159 e. The Hall–Kier alpha value is -1.70. The molecule has 0 bridgehead atoms. The summed E-state index contributed by atoms with van der Waals surface area (Å²) in [5.74, 6) is 1.54. The van der Waals surface area contributed by atoms with Crippen LogP contribution in [0.5, 0.6) is 0 Å². The fourth-order valence-electron chi connectivity index (χ4n) is 1.96. The summed E-state index contributed by atoms with van der Waals surface area (Å²) in [5, 5.41) is 0. The Kier molecular flexibility index (Phi) is 2.41. The van der Waals surface area contributed by atoms with Crippen molar-refractivity contribution in [2.24, 2.45) is 0 Å². The van der Waals surface area contributed by atoms with Crippen molar-refractivity contribution in [3.63, 3.8) is 0 Å². The van der Waals surface area contributed by atoms with E-state index in [4.69, 9.17) is 0 Å². The van der Waals surface area contributed by atoms with Gasteiger partial charge in [-0.1, -0.05) is 24.3 Å². The fourth-order valence-corrected chi connectivity index (χ4v) is 1.96. The van der Waals surface area contributed by atoms with Crippen molar-refractivity contribution in [2.45, 2.75) is 18.8 Å². The molecule has 1 fully saturated rings. The minimum absolute atomic E-state index is 0.741. The molecule has 0 unspecified atom stereocenters. The minimum atomic E-state index is 0.741. The first-order valence-electron chi connectivity index (χ1n) is 5.62. The Morgan fingerprint density at radius 3 is 2.19 bits per heavy atom. The van der Waals surface area contributed by atoms with Crippen molar-refractivity contribution in [2.75, 3.05) is 0 Å². The molecule has 2 aromatic rings. The molecule has 0 amide bonds. The van der Waals surface area contributed by atoms with Crippen molar-refractivity contribution < 1.29 is 0 Å². The number of nitrogens with zero attached hydrogens (tertiary/aromatic N) is 2. The quantitative estimate of drug-likeness (QED) is 0.758. The highest BCUT2D eigenvalue weighted by Crippen LogP contribution is 2.35. The molecule has 1 saturated carbocycles. The summed E-state index contributed by atoms with van der Waals surface area (Å²) in [6.07, 6.45) is 8.33. The Balaban J connectivity index is 1.87. The van der Waals surface area contributed by atoms with Gasteiger partial charge in [0.2, 0.25) is 0 Å². The smallest absolute Gasteiger partial charge is 0.159 e. The van der Waals surface area contributed by atoms with Gasteiger partial charge in [-0.3, -0.25) is 0 Å². The van der Waals surface area contributed by atoms with E-state index >= 15 is 0 Å². The van der Waals surface area contributed by atoms with Gasteiger partial charge in [0, 0.05) is 18.0 Å². The van der Waals surface area contributed by atoms with Gasteiger partial charge in [0.15, 0.2) is 5.82 Å². The van der Waals surface area contributed by atoms with Crippen LogP contribution >= 0.6 is 0 Å². The zero-order valence-electron chi connectivity index (χ0n) is 9.00. The van der Waals surface area contributed by atoms with Gasteiger partial charge in [0.1, 0.15) is 0 Å². The van der Waals surface area contributed by atoms with Crippen LogP contribution in [0.15, 0.2) is 42.7 Å². The second-order valence-corrected chi connectivity index (χ2v) is 4.15.